The van der Waals surface area contributed by atoms with Gasteiger partial charge in [0.25, 0.3) is 0 Å². The Kier molecular flexibility index (Phi) is 8.21. The molecule has 1 aliphatic heterocycles. The SMILES string of the molecule is CC1(C)c2ccccc2N(c2ccccc2)c2cc(-c3cccc(N(c4ccc(-c5ccccc5)cc4)c4ccc(-c5ccccc5)cc4)c3)ccc21. The van der Waals surface area contributed by atoms with E-state index in [1.165, 1.54) is 55.9 Å². The fraction of sp³-hybridized carbons (Fsp3) is 0.0588. The zero-order valence-electron chi connectivity index (χ0n) is 30.0. The quantitative estimate of drug-likeness (QED) is 0.165. The Morgan fingerprint density at radius 3 is 1.40 bits per heavy atom. The second kappa shape index (κ2) is 13.5. The lowest BCUT2D eigenvalue weighted by Gasteiger charge is -2.42. The molecule has 0 amide bonds. The summed E-state index contributed by atoms with van der Waals surface area (Å²) >= 11 is 0. The Labute approximate surface area is 312 Å². The topological polar surface area (TPSA) is 6.48 Å². The van der Waals surface area contributed by atoms with E-state index in [1.807, 2.05) is 0 Å². The molecule has 1 heterocycles. The van der Waals surface area contributed by atoms with E-state index in [0.29, 0.717) is 0 Å². The molecule has 8 aromatic carbocycles. The van der Waals surface area contributed by atoms with Crippen molar-refractivity contribution in [1.29, 1.82) is 0 Å². The molecule has 53 heavy (non-hydrogen) atoms. The highest BCUT2D eigenvalue weighted by Gasteiger charge is 2.36. The van der Waals surface area contributed by atoms with Crippen molar-refractivity contribution in [2.24, 2.45) is 0 Å². The molecule has 254 valence electrons. The molecule has 0 atom stereocenters. The van der Waals surface area contributed by atoms with Crippen LogP contribution in [0.1, 0.15) is 25.0 Å². The second-order valence-electron chi connectivity index (χ2n) is 14.3. The molecule has 0 bridgehead atoms. The van der Waals surface area contributed by atoms with Gasteiger partial charge < -0.3 is 9.80 Å². The largest absolute Gasteiger partial charge is 0.310 e. The number of hydrogen-bond acceptors (Lipinski definition) is 2. The van der Waals surface area contributed by atoms with E-state index >= 15 is 0 Å². The van der Waals surface area contributed by atoms with Crippen LogP contribution < -0.4 is 9.80 Å². The Morgan fingerprint density at radius 1 is 0.340 bits per heavy atom. The molecule has 8 aromatic rings. The van der Waals surface area contributed by atoms with Crippen molar-refractivity contribution in [2.45, 2.75) is 19.3 Å². The Bertz CT molecular complexity index is 2420. The van der Waals surface area contributed by atoms with Gasteiger partial charge in [-0.25, -0.2) is 0 Å². The predicted octanol–water partition coefficient (Wildman–Crippen LogP) is 14.3. The predicted molar refractivity (Wildman–Crippen MR) is 224 cm³/mol. The third kappa shape index (κ3) is 5.99. The van der Waals surface area contributed by atoms with Gasteiger partial charge in [-0.1, -0.05) is 159 Å². The maximum Gasteiger partial charge on any atom is 0.0508 e. The summed E-state index contributed by atoms with van der Waals surface area (Å²) in [5, 5.41) is 0. The van der Waals surface area contributed by atoms with Crippen LogP contribution in [-0.4, -0.2) is 0 Å². The van der Waals surface area contributed by atoms with Gasteiger partial charge in [0.2, 0.25) is 0 Å². The minimum absolute atomic E-state index is 0.147. The number of hydrogen-bond donors (Lipinski definition) is 0. The summed E-state index contributed by atoms with van der Waals surface area (Å²) in [5.74, 6) is 0. The first kappa shape index (κ1) is 32.3. The van der Waals surface area contributed by atoms with Crippen molar-refractivity contribution >= 4 is 34.1 Å². The van der Waals surface area contributed by atoms with Crippen molar-refractivity contribution in [1.82, 2.24) is 0 Å². The van der Waals surface area contributed by atoms with Crippen molar-refractivity contribution in [3.05, 3.63) is 217 Å². The van der Waals surface area contributed by atoms with E-state index in [-0.39, 0.29) is 5.41 Å². The van der Waals surface area contributed by atoms with Gasteiger partial charge in [0.1, 0.15) is 0 Å². The molecule has 9 rings (SSSR count). The number of fused-ring (bicyclic) bond motifs is 2. The first-order valence-corrected chi connectivity index (χ1v) is 18.4. The number of rotatable bonds is 7. The van der Waals surface area contributed by atoms with Crippen molar-refractivity contribution in [2.75, 3.05) is 9.80 Å². The van der Waals surface area contributed by atoms with Crippen molar-refractivity contribution in [3.8, 4) is 33.4 Å². The minimum atomic E-state index is -0.147. The maximum absolute atomic E-state index is 2.43. The first-order chi connectivity index (χ1) is 26.0. The molecule has 0 aliphatic carbocycles. The lowest BCUT2D eigenvalue weighted by atomic mass is 9.73. The van der Waals surface area contributed by atoms with E-state index in [4.69, 9.17) is 0 Å². The second-order valence-corrected chi connectivity index (χ2v) is 14.3. The Balaban J connectivity index is 1.15. The number of para-hydroxylation sites is 2. The molecule has 2 nitrogen and oxygen atoms in total. The molecule has 0 N–H and O–H groups in total. The van der Waals surface area contributed by atoms with Crippen LogP contribution in [0.2, 0.25) is 0 Å². The van der Waals surface area contributed by atoms with Gasteiger partial charge in [0.15, 0.2) is 0 Å². The van der Waals surface area contributed by atoms with Gasteiger partial charge >= 0.3 is 0 Å². The minimum Gasteiger partial charge on any atom is -0.310 e. The van der Waals surface area contributed by atoms with E-state index in [0.717, 1.165) is 22.7 Å². The average molecular weight is 681 g/mol. The highest BCUT2D eigenvalue weighted by molar-refractivity contribution is 5.89. The third-order valence-electron chi connectivity index (χ3n) is 10.6. The summed E-state index contributed by atoms with van der Waals surface area (Å²) in [5.41, 5.74) is 16.6. The zero-order valence-corrected chi connectivity index (χ0v) is 30.0. The Hall–Kier alpha value is -6.64. The molecule has 0 unspecified atom stereocenters. The van der Waals surface area contributed by atoms with Crippen LogP contribution in [0.15, 0.2) is 206 Å². The molecule has 1 aliphatic rings. The van der Waals surface area contributed by atoms with Gasteiger partial charge in [-0.3, -0.25) is 0 Å². The molecule has 0 saturated heterocycles. The summed E-state index contributed by atoms with van der Waals surface area (Å²) in [4.78, 5) is 4.79. The standard InChI is InChI=1S/C51H40N2/c1-51(2)47-23-12-13-24-49(47)53(43-20-10-5-11-21-43)50-36-42(29-34-48(50)51)41-19-14-22-46(35-41)52(44-30-25-39(26-31-44)37-15-6-3-7-16-37)45-32-27-40(28-33-45)38-17-8-4-9-18-38/h3-36H,1-2H3. The summed E-state index contributed by atoms with van der Waals surface area (Å²) in [6, 6.07) is 74.5. The molecule has 0 radical (unpaired) electrons. The van der Waals surface area contributed by atoms with Crippen LogP contribution in [0.25, 0.3) is 33.4 Å². The summed E-state index contributed by atoms with van der Waals surface area (Å²) in [7, 11) is 0. The van der Waals surface area contributed by atoms with Crippen LogP contribution in [-0.2, 0) is 5.41 Å². The van der Waals surface area contributed by atoms with Crippen LogP contribution in [0.5, 0.6) is 0 Å². The van der Waals surface area contributed by atoms with E-state index in [2.05, 4.69) is 230 Å². The fourth-order valence-corrected chi connectivity index (χ4v) is 7.89. The highest BCUT2D eigenvalue weighted by atomic mass is 15.2. The average Bonchev–Trinajstić information content (AvgIpc) is 3.23. The van der Waals surface area contributed by atoms with Gasteiger partial charge in [-0.05, 0) is 105 Å². The van der Waals surface area contributed by atoms with Crippen molar-refractivity contribution < 1.29 is 0 Å². The monoisotopic (exact) mass is 680 g/mol. The Morgan fingerprint density at radius 2 is 0.792 bits per heavy atom. The van der Waals surface area contributed by atoms with Crippen LogP contribution >= 0.6 is 0 Å². The molecular formula is C51H40N2. The van der Waals surface area contributed by atoms with Gasteiger partial charge in [0.05, 0.1) is 11.4 Å². The van der Waals surface area contributed by atoms with E-state index in [9.17, 15) is 0 Å². The maximum atomic E-state index is 2.43. The van der Waals surface area contributed by atoms with Gasteiger partial charge in [0, 0.05) is 28.2 Å². The molecule has 0 spiro atoms. The zero-order chi connectivity index (χ0) is 35.8. The highest BCUT2D eigenvalue weighted by Crippen LogP contribution is 2.52. The number of anilines is 6. The van der Waals surface area contributed by atoms with E-state index in [1.54, 1.807) is 0 Å². The molecular weight excluding hydrogens is 641 g/mol. The lowest BCUT2D eigenvalue weighted by Crippen LogP contribution is -2.30. The first-order valence-electron chi connectivity index (χ1n) is 18.4. The van der Waals surface area contributed by atoms with Crippen molar-refractivity contribution in [3.63, 3.8) is 0 Å². The van der Waals surface area contributed by atoms with Gasteiger partial charge in [-0.2, -0.15) is 0 Å². The molecule has 2 heteroatoms. The number of benzene rings is 8. The van der Waals surface area contributed by atoms with Crippen LogP contribution in [0, 0.1) is 0 Å². The summed E-state index contributed by atoms with van der Waals surface area (Å²) < 4.78 is 0. The van der Waals surface area contributed by atoms with E-state index < -0.39 is 0 Å². The fourth-order valence-electron chi connectivity index (χ4n) is 7.89. The lowest BCUT2D eigenvalue weighted by molar-refractivity contribution is 0.632. The molecule has 0 aromatic heterocycles. The summed E-state index contributed by atoms with van der Waals surface area (Å²) in [6.45, 7) is 4.69. The number of nitrogens with zero attached hydrogens (tertiary/aromatic N) is 2. The normalized spacial score (nSPS) is 12.8. The van der Waals surface area contributed by atoms with Crippen LogP contribution in [0.3, 0.4) is 0 Å². The third-order valence-corrected chi connectivity index (χ3v) is 10.6. The van der Waals surface area contributed by atoms with Gasteiger partial charge in [-0.15, -0.1) is 0 Å². The smallest absolute Gasteiger partial charge is 0.0508 e. The summed E-state index contributed by atoms with van der Waals surface area (Å²) in [6.07, 6.45) is 0. The molecule has 0 saturated carbocycles. The van der Waals surface area contributed by atoms with Crippen LogP contribution in [0.4, 0.5) is 34.1 Å². The molecule has 0 fully saturated rings.